The van der Waals surface area contributed by atoms with Crippen molar-refractivity contribution in [2.75, 3.05) is 5.73 Å². The summed E-state index contributed by atoms with van der Waals surface area (Å²) in [7, 11) is 0. The van der Waals surface area contributed by atoms with Crippen molar-refractivity contribution < 1.29 is 9.13 Å². The van der Waals surface area contributed by atoms with Crippen LogP contribution in [0.3, 0.4) is 0 Å². The molecule has 0 saturated carbocycles. The quantitative estimate of drug-likeness (QED) is 0.717. The summed E-state index contributed by atoms with van der Waals surface area (Å²) in [4.78, 5) is 1.07. The minimum atomic E-state index is -0.421. The summed E-state index contributed by atoms with van der Waals surface area (Å²) in [5.74, 6) is 0.144. The topological polar surface area (TPSA) is 91.2 Å². The zero-order valence-corrected chi connectivity index (χ0v) is 13.1. The molecule has 0 aliphatic rings. The van der Waals surface area contributed by atoms with Gasteiger partial charge in [-0.1, -0.05) is 39.7 Å². The summed E-state index contributed by atoms with van der Waals surface area (Å²) >= 11 is 6.00. The third-order valence-electron chi connectivity index (χ3n) is 3.14. The van der Waals surface area contributed by atoms with Crippen molar-refractivity contribution in [3.63, 3.8) is 0 Å². The van der Waals surface area contributed by atoms with Crippen LogP contribution >= 0.6 is 11.6 Å². The largest absolute Gasteiger partial charge is 0.488 e. The predicted octanol–water partition coefficient (Wildman–Crippen LogP) is 2.51. The lowest BCUT2D eigenvalue weighted by Gasteiger charge is -2.10. The highest BCUT2D eigenvalue weighted by Gasteiger charge is 2.09. The molecule has 3 aromatic rings. The van der Waals surface area contributed by atoms with Crippen LogP contribution in [0.2, 0.25) is 5.02 Å². The van der Waals surface area contributed by atoms with Gasteiger partial charge in [0.25, 0.3) is 5.95 Å². The number of anilines is 1. The number of para-hydroxylation sites is 1. The van der Waals surface area contributed by atoms with E-state index in [0.717, 1.165) is 4.79 Å². The number of ether oxygens (including phenoxy) is 1. The van der Waals surface area contributed by atoms with Gasteiger partial charge in [-0.15, -0.1) is 0 Å². The molecule has 0 saturated heterocycles. The Morgan fingerprint density at radius 2 is 2.08 bits per heavy atom. The Morgan fingerprint density at radius 3 is 2.83 bits per heavy atom. The Balaban J connectivity index is 1.80. The number of benzene rings is 2. The average Bonchev–Trinajstić information content (AvgIpc) is 2.98. The van der Waals surface area contributed by atoms with Crippen LogP contribution in [0.4, 0.5) is 10.3 Å². The first-order valence-electron chi connectivity index (χ1n) is 6.88. The molecule has 0 atom stereocenters. The standard InChI is InChI=1S/C15H12ClFN6O/c16-12-5-3-6-13(17)11(12)9-24-14-7-2-1-4-10(14)8-19-23-15(18)20-21-22-23/h1-8H,9H2,(H2,18,20,22)/b19-8-. The number of halogens is 2. The van der Waals surface area contributed by atoms with Crippen LogP contribution in [0, 0.1) is 5.82 Å². The predicted molar refractivity (Wildman–Crippen MR) is 87.4 cm³/mol. The second-order valence-corrected chi connectivity index (χ2v) is 5.11. The molecule has 2 aromatic carbocycles. The Bertz CT molecular complexity index is 862. The summed E-state index contributed by atoms with van der Waals surface area (Å²) in [5.41, 5.74) is 6.48. The van der Waals surface area contributed by atoms with Gasteiger partial charge >= 0.3 is 0 Å². The smallest absolute Gasteiger partial charge is 0.263 e. The molecule has 0 aliphatic carbocycles. The molecular formula is C15H12ClFN6O. The van der Waals surface area contributed by atoms with E-state index < -0.39 is 5.82 Å². The first kappa shape index (κ1) is 15.9. The van der Waals surface area contributed by atoms with Crippen molar-refractivity contribution in [1.82, 2.24) is 20.3 Å². The third kappa shape index (κ3) is 3.49. The Morgan fingerprint density at radius 1 is 1.25 bits per heavy atom. The molecule has 1 heterocycles. The number of hydrogen-bond donors (Lipinski definition) is 1. The molecule has 3 rings (SSSR count). The first-order valence-corrected chi connectivity index (χ1v) is 7.26. The van der Waals surface area contributed by atoms with Crippen LogP contribution in [0.5, 0.6) is 5.75 Å². The second kappa shape index (κ2) is 7.05. The molecule has 0 radical (unpaired) electrons. The maximum absolute atomic E-state index is 13.8. The molecule has 2 N–H and O–H groups in total. The van der Waals surface area contributed by atoms with Crippen LogP contribution in [-0.4, -0.2) is 26.5 Å². The molecule has 0 unspecified atom stereocenters. The zero-order chi connectivity index (χ0) is 16.9. The lowest BCUT2D eigenvalue weighted by atomic mass is 10.2. The molecule has 7 nitrogen and oxygen atoms in total. The Labute approximate surface area is 141 Å². The van der Waals surface area contributed by atoms with E-state index in [0.29, 0.717) is 16.3 Å². The lowest BCUT2D eigenvalue weighted by molar-refractivity contribution is 0.299. The number of nitrogens with two attached hydrogens (primary N) is 1. The fourth-order valence-electron chi connectivity index (χ4n) is 1.93. The number of nitrogens with zero attached hydrogens (tertiary/aromatic N) is 5. The normalized spacial score (nSPS) is 11.1. The van der Waals surface area contributed by atoms with Crippen molar-refractivity contribution in [2.45, 2.75) is 6.61 Å². The van der Waals surface area contributed by atoms with Crippen LogP contribution in [0.1, 0.15) is 11.1 Å². The molecule has 24 heavy (non-hydrogen) atoms. The van der Waals surface area contributed by atoms with Gasteiger partial charge in [-0.2, -0.15) is 5.10 Å². The summed E-state index contributed by atoms with van der Waals surface area (Å²) in [6, 6.07) is 11.6. The van der Waals surface area contributed by atoms with E-state index in [9.17, 15) is 4.39 Å². The summed E-state index contributed by atoms with van der Waals surface area (Å²) in [6.07, 6.45) is 1.49. The van der Waals surface area contributed by atoms with E-state index in [1.807, 2.05) is 6.07 Å². The summed E-state index contributed by atoms with van der Waals surface area (Å²) in [5, 5.41) is 14.9. The third-order valence-corrected chi connectivity index (χ3v) is 3.49. The number of tetrazole rings is 1. The van der Waals surface area contributed by atoms with E-state index in [1.165, 1.54) is 12.3 Å². The first-order chi connectivity index (χ1) is 11.6. The maximum Gasteiger partial charge on any atom is 0.263 e. The highest BCUT2D eigenvalue weighted by atomic mass is 35.5. The van der Waals surface area contributed by atoms with Gasteiger partial charge in [0.15, 0.2) is 0 Å². The van der Waals surface area contributed by atoms with Gasteiger partial charge < -0.3 is 10.5 Å². The van der Waals surface area contributed by atoms with E-state index in [1.54, 1.807) is 30.3 Å². The maximum atomic E-state index is 13.8. The van der Waals surface area contributed by atoms with Gasteiger partial charge in [-0.05, 0) is 34.7 Å². The number of nitrogen functional groups attached to an aromatic ring is 1. The molecule has 0 spiro atoms. The van der Waals surface area contributed by atoms with Gasteiger partial charge in [-0.3, -0.25) is 0 Å². The van der Waals surface area contributed by atoms with Crippen molar-refractivity contribution in [1.29, 1.82) is 0 Å². The van der Waals surface area contributed by atoms with E-state index >= 15 is 0 Å². The monoisotopic (exact) mass is 346 g/mol. The van der Waals surface area contributed by atoms with E-state index in [-0.39, 0.29) is 18.1 Å². The summed E-state index contributed by atoms with van der Waals surface area (Å²) < 4.78 is 19.5. The molecule has 9 heteroatoms. The van der Waals surface area contributed by atoms with Gasteiger partial charge in [0, 0.05) is 11.1 Å². The minimum Gasteiger partial charge on any atom is -0.488 e. The minimum absolute atomic E-state index is 0.0105. The fourth-order valence-corrected chi connectivity index (χ4v) is 2.15. The van der Waals surface area contributed by atoms with Gasteiger partial charge in [0.05, 0.1) is 11.2 Å². The van der Waals surface area contributed by atoms with E-state index in [2.05, 4.69) is 20.6 Å². The Kier molecular flexibility index (Phi) is 4.66. The molecule has 0 amide bonds. The molecule has 1 aromatic heterocycles. The van der Waals surface area contributed by atoms with Crippen LogP contribution in [0.15, 0.2) is 47.6 Å². The van der Waals surface area contributed by atoms with Gasteiger partial charge in [0.2, 0.25) is 0 Å². The van der Waals surface area contributed by atoms with Gasteiger partial charge in [0.1, 0.15) is 18.2 Å². The van der Waals surface area contributed by atoms with Crippen molar-refractivity contribution in [2.24, 2.45) is 5.10 Å². The second-order valence-electron chi connectivity index (χ2n) is 4.70. The van der Waals surface area contributed by atoms with Crippen molar-refractivity contribution in [3.8, 4) is 5.75 Å². The Hall–Kier alpha value is -3.00. The SMILES string of the molecule is Nc1nnnn1/N=C\c1ccccc1OCc1c(F)cccc1Cl. The molecule has 0 aliphatic heterocycles. The number of rotatable bonds is 5. The molecule has 0 bridgehead atoms. The average molecular weight is 347 g/mol. The highest BCUT2D eigenvalue weighted by Crippen LogP contribution is 2.23. The fraction of sp³-hybridized carbons (Fsp3) is 0.0667. The molecule has 0 fully saturated rings. The number of hydrogen-bond acceptors (Lipinski definition) is 6. The summed E-state index contributed by atoms with van der Waals surface area (Å²) in [6.45, 7) is -0.0105. The van der Waals surface area contributed by atoms with Crippen molar-refractivity contribution >= 4 is 23.8 Å². The molecule has 122 valence electrons. The molecular weight excluding hydrogens is 335 g/mol. The van der Waals surface area contributed by atoms with Crippen LogP contribution < -0.4 is 10.5 Å². The van der Waals surface area contributed by atoms with E-state index in [4.69, 9.17) is 22.1 Å². The van der Waals surface area contributed by atoms with Crippen molar-refractivity contribution in [3.05, 3.63) is 64.4 Å². The number of aromatic nitrogens is 4. The van der Waals surface area contributed by atoms with Gasteiger partial charge in [-0.25, -0.2) is 4.39 Å². The lowest BCUT2D eigenvalue weighted by Crippen LogP contribution is -2.03. The highest BCUT2D eigenvalue weighted by molar-refractivity contribution is 6.31. The zero-order valence-electron chi connectivity index (χ0n) is 12.3. The van der Waals surface area contributed by atoms with Crippen LogP contribution in [-0.2, 0) is 6.61 Å². The van der Waals surface area contributed by atoms with Crippen LogP contribution in [0.25, 0.3) is 0 Å².